The van der Waals surface area contributed by atoms with Gasteiger partial charge in [-0.05, 0) is 56.6 Å². The highest BCUT2D eigenvalue weighted by Gasteiger charge is 2.29. The van der Waals surface area contributed by atoms with E-state index in [-0.39, 0.29) is 40.2 Å². The quantitative estimate of drug-likeness (QED) is 0.347. The lowest BCUT2D eigenvalue weighted by Crippen LogP contribution is -2.44. The molecule has 1 saturated heterocycles. The lowest BCUT2D eigenvalue weighted by atomic mass is 9.84. The summed E-state index contributed by atoms with van der Waals surface area (Å²) in [6.45, 7) is 0.790. The smallest absolute Gasteiger partial charge is 0.225 e. The van der Waals surface area contributed by atoms with Gasteiger partial charge in [-0.15, -0.1) is 0 Å². The Morgan fingerprint density at radius 1 is 1.24 bits per heavy atom. The predicted molar refractivity (Wildman–Crippen MR) is 153 cm³/mol. The normalized spacial score (nSPS) is 21.9. The van der Waals surface area contributed by atoms with Crippen LogP contribution in [0.5, 0.6) is 0 Å². The molecule has 0 unspecified atom stereocenters. The number of halogens is 2. The number of anilines is 3. The van der Waals surface area contributed by atoms with Gasteiger partial charge in [-0.3, -0.25) is 9.36 Å². The SMILES string of the molecule is CS(=O)(=O)N1CCC[C@@H](Nc2ncc3nc(Nc4c(F)cc(C#N)cc4Cl)n([C@H]4CC[C@@H](CC(N)=O)CC4)c3n2)C1. The summed E-state index contributed by atoms with van der Waals surface area (Å²) in [6.07, 6.45) is 7.57. The number of primary amides is 1. The Labute approximate surface area is 242 Å². The second kappa shape index (κ2) is 11.8. The number of nitrogens with zero attached hydrogens (tertiary/aromatic N) is 6. The van der Waals surface area contributed by atoms with Crippen LogP contribution in [-0.2, 0) is 14.8 Å². The molecule has 12 nitrogen and oxygen atoms in total. The zero-order valence-corrected chi connectivity index (χ0v) is 24.1. The van der Waals surface area contributed by atoms with Gasteiger partial charge in [0, 0.05) is 31.6 Å². The number of sulfonamides is 1. The molecule has 15 heteroatoms. The van der Waals surface area contributed by atoms with Crippen molar-refractivity contribution in [1.82, 2.24) is 23.8 Å². The van der Waals surface area contributed by atoms with Crippen LogP contribution < -0.4 is 16.4 Å². The standard InChI is InChI=1S/C26H31ClFN9O3S/c1-41(39,40)36-8-2-3-17(14-36)32-25-31-13-21-24(35-25)37(18-6-4-15(5-7-18)11-22(30)38)26(33-21)34-23-19(27)9-16(12-29)10-20(23)28/h9-10,13,15,17-18H,2-8,11,14H2,1H3,(H2,30,38)(H,33,34)(H,31,32,35)/t15-,17-,18+/m1/s1. The van der Waals surface area contributed by atoms with Crippen LogP contribution in [-0.4, -0.2) is 63.5 Å². The molecule has 2 aliphatic rings. The fourth-order valence-electron chi connectivity index (χ4n) is 5.70. The number of hydrogen-bond acceptors (Lipinski definition) is 9. The Balaban J connectivity index is 1.49. The topological polar surface area (TPSA) is 172 Å². The number of carbonyl (C=O) groups excluding carboxylic acids is 1. The maximum absolute atomic E-state index is 15.0. The lowest BCUT2D eigenvalue weighted by molar-refractivity contribution is -0.119. The molecule has 1 aliphatic heterocycles. The summed E-state index contributed by atoms with van der Waals surface area (Å²) in [7, 11) is -3.32. The Kier molecular flexibility index (Phi) is 8.30. The molecule has 1 atom stereocenters. The molecule has 41 heavy (non-hydrogen) atoms. The summed E-state index contributed by atoms with van der Waals surface area (Å²) < 4.78 is 42.4. The molecule has 4 N–H and O–H groups in total. The zero-order chi connectivity index (χ0) is 29.3. The van der Waals surface area contributed by atoms with Crippen LogP contribution in [0.1, 0.15) is 56.6 Å². The van der Waals surface area contributed by atoms with Gasteiger partial charge in [-0.1, -0.05) is 11.6 Å². The van der Waals surface area contributed by atoms with Crippen LogP contribution >= 0.6 is 11.6 Å². The molecule has 1 aliphatic carbocycles. The zero-order valence-electron chi connectivity index (χ0n) is 22.5. The molecule has 0 bridgehead atoms. The first-order valence-corrected chi connectivity index (χ1v) is 15.7. The van der Waals surface area contributed by atoms with Crippen LogP contribution in [0, 0.1) is 23.1 Å². The van der Waals surface area contributed by atoms with Gasteiger partial charge in [0.25, 0.3) is 0 Å². The van der Waals surface area contributed by atoms with E-state index in [0.717, 1.165) is 38.2 Å². The minimum Gasteiger partial charge on any atom is -0.370 e. The summed E-state index contributed by atoms with van der Waals surface area (Å²) in [5, 5.41) is 15.5. The van der Waals surface area contributed by atoms with Crippen molar-refractivity contribution in [3.63, 3.8) is 0 Å². The van der Waals surface area contributed by atoms with Crippen LogP contribution in [0.3, 0.4) is 0 Å². The average Bonchev–Trinajstić information content (AvgIpc) is 3.27. The molecular formula is C26H31ClFN9O3S. The fourth-order valence-corrected chi connectivity index (χ4v) is 6.87. The summed E-state index contributed by atoms with van der Waals surface area (Å²) >= 11 is 6.33. The van der Waals surface area contributed by atoms with Crippen LogP contribution in [0.25, 0.3) is 11.2 Å². The van der Waals surface area contributed by atoms with Crippen LogP contribution in [0.2, 0.25) is 5.02 Å². The maximum Gasteiger partial charge on any atom is 0.225 e. The van der Waals surface area contributed by atoms with E-state index >= 15 is 0 Å². The number of hydrogen-bond donors (Lipinski definition) is 3. The minimum absolute atomic E-state index is 0.0148. The van der Waals surface area contributed by atoms with Crippen molar-refractivity contribution >= 4 is 56.3 Å². The van der Waals surface area contributed by atoms with E-state index in [1.807, 2.05) is 10.6 Å². The third kappa shape index (κ3) is 6.52. The maximum atomic E-state index is 15.0. The number of nitriles is 1. The molecule has 3 aromatic rings. The first-order valence-electron chi connectivity index (χ1n) is 13.4. The van der Waals surface area contributed by atoms with Gasteiger partial charge in [0.15, 0.2) is 5.65 Å². The van der Waals surface area contributed by atoms with Gasteiger partial charge in [0.1, 0.15) is 11.3 Å². The van der Waals surface area contributed by atoms with Crippen molar-refractivity contribution in [2.24, 2.45) is 11.7 Å². The number of nitrogens with one attached hydrogen (secondary N) is 2. The van der Waals surface area contributed by atoms with Crippen molar-refractivity contribution < 1.29 is 17.6 Å². The first kappa shape index (κ1) is 29.0. The molecular weight excluding hydrogens is 573 g/mol. The molecule has 0 spiro atoms. The predicted octanol–water partition coefficient (Wildman–Crippen LogP) is 3.68. The minimum atomic E-state index is -3.32. The molecule has 2 aromatic heterocycles. The van der Waals surface area contributed by atoms with Crippen LogP contribution in [0.4, 0.5) is 22.0 Å². The van der Waals surface area contributed by atoms with E-state index in [1.54, 1.807) is 6.20 Å². The Morgan fingerprint density at radius 3 is 2.66 bits per heavy atom. The molecule has 1 saturated carbocycles. The highest BCUT2D eigenvalue weighted by Crippen LogP contribution is 2.39. The third-order valence-corrected chi connectivity index (χ3v) is 9.27. The van der Waals surface area contributed by atoms with Crippen molar-refractivity contribution in [2.75, 3.05) is 30.0 Å². The molecule has 3 heterocycles. The monoisotopic (exact) mass is 603 g/mol. The summed E-state index contributed by atoms with van der Waals surface area (Å²) in [4.78, 5) is 25.3. The summed E-state index contributed by atoms with van der Waals surface area (Å²) in [5.74, 6) is -0.183. The van der Waals surface area contributed by atoms with Gasteiger partial charge in [0.05, 0.1) is 34.8 Å². The van der Waals surface area contributed by atoms with Crippen molar-refractivity contribution in [3.05, 3.63) is 34.7 Å². The lowest BCUT2D eigenvalue weighted by Gasteiger charge is -2.31. The molecule has 0 radical (unpaired) electrons. The molecule has 218 valence electrons. The van der Waals surface area contributed by atoms with E-state index in [1.165, 1.54) is 16.6 Å². The Bertz CT molecular complexity index is 1590. The number of piperidine rings is 1. The van der Waals surface area contributed by atoms with Gasteiger partial charge >= 0.3 is 0 Å². The molecule has 1 amide bonds. The third-order valence-electron chi connectivity index (χ3n) is 7.70. The van der Waals surface area contributed by atoms with Gasteiger partial charge in [-0.2, -0.15) is 10.2 Å². The number of imidazole rings is 1. The second-order valence-corrected chi connectivity index (χ2v) is 13.1. The Morgan fingerprint density at radius 2 is 2.00 bits per heavy atom. The number of rotatable bonds is 8. The number of fused-ring (bicyclic) bond motifs is 1. The summed E-state index contributed by atoms with van der Waals surface area (Å²) in [5.41, 5.74) is 6.49. The second-order valence-electron chi connectivity index (χ2n) is 10.7. The largest absolute Gasteiger partial charge is 0.370 e. The van der Waals surface area contributed by atoms with E-state index < -0.39 is 15.8 Å². The number of carbonyl (C=O) groups is 1. The molecule has 2 fully saturated rings. The summed E-state index contributed by atoms with van der Waals surface area (Å²) in [6, 6.07) is 4.13. The van der Waals surface area contributed by atoms with E-state index in [4.69, 9.17) is 27.6 Å². The highest BCUT2D eigenvalue weighted by molar-refractivity contribution is 7.88. The van der Waals surface area contributed by atoms with E-state index in [9.17, 15) is 17.6 Å². The molecule has 5 rings (SSSR count). The number of aromatic nitrogens is 4. The van der Waals surface area contributed by atoms with Crippen LogP contribution in [0.15, 0.2) is 18.3 Å². The first-order chi connectivity index (χ1) is 19.5. The van der Waals surface area contributed by atoms with Gasteiger partial charge in [0.2, 0.25) is 27.8 Å². The average molecular weight is 604 g/mol. The number of benzene rings is 1. The van der Waals surface area contributed by atoms with Crippen molar-refractivity contribution in [3.8, 4) is 6.07 Å². The number of amides is 1. The van der Waals surface area contributed by atoms with Gasteiger partial charge in [-0.25, -0.2) is 27.1 Å². The molecule has 1 aromatic carbocycles. The van der Waals surface area contributed by atoms with E-state index in [0.29, 0.717) is 49.0 Å². The van der Waals surface area contributed by atoms with Gasteiger partial charge < -0.3 is 16.4 Å². The van der Waals surface area contributed by atoms with E-state index in [2.05, 4.69) is 20.6 Å². The van der Waals surface area contributed by atoms with Crippen molar-refractivity contribution in [1.29, 1.82) is 5.26 Å². The highest BCUT2D eigenvalue weighted by atomic mass is 35.5. The number of nitrogens with two attached hydrogens (primary N) is 1. The fraction of sp³-hybridized carbons (Fsp3) is 0.500. The Hall–Kier alpha value is -3.54. The van der Waals surface area contributed by atoms with Crippen molar-refractivity contribution in [2.45, 2.75) is 57.0 Å².